The number of tetrazole rings is 1. The molecule has 0 spiro atoms. The molecule has 1 saturated carbocycles. The predicted molar refractivity (Wildman–Crippen MR) is 92.6 cm³/mol. The van der Waals surface area contributed by atoms with Crippen molar-refractivity contribution in [3.63, 3.8) is 0 Å². The molecule has 4 rings (SSSR count). The van der Waals surface area contributed by atoms with Crippen LogP contribution in [-0.4, -0.2) is 25.2 Å². The lowest BCUT2D eigenvalue weighted by atomic mass is 10.2. The third-order valence-electron chi connectivity index (χ3n) is 3.54. The van der Waals surface area contributed by atoms with E-state index in [9.17, 15) is 0 Å². The van der Waals surface area contributed by atoms with Crippen molar-refractivity contribution in [2.45, 2.75) is 25.4 Å². The fraction of sp³-hybridized carbons (Fsp3) is 0.286. The molecule has 1 aromatic carbocycles. The average Bonchev–Trinajstić information content (AvgIpc) is 3.11. The minimum Gasteiger partial charge on any atom is -0.380 e. The third kappa shape index (κ3) is 3.43. The lowest BCUT2D eigenvalue weighted by molar-refractivity contribution is 0.615. The Morgan fingerprint density at radius 1 is 1.35 bits per heavy atom. The summed E-state index contributed by atoms with van der Waals surface area (Å²) in [5, 5.41) is 16.0. The summed E-state index contributed by atoms with van der Waals surface area (Å²) in [6, 6.07) is 8.58. The van der Waals surface area contributed by atoms with Gasteiger partial charge in [0.2, 0.25) is 0 Å². The Balaban J connectivity index is 0.00000156. The maximum atomic E-state index is 5.64. The highest BCUT2D eigenvalue weighted by molar-refractivity contribution is 7.15. The van der Waals surface area contributed by atoms with Gasteiger partial charge in [0.25, 0.3) is 0 Å². The molecule has 0 aliphatic heterocycles. The molecule has 7 nitrogen and oxygen atoms in total. The van der Waals surface area contributed by atoms with E-state index in [1.807, 2.05) is 22.9 Å². The fourth-order valence-electron chi connectivity index (χ4n) is 2.31. The average molecular weight is 350 g/mol. The van der Waals surface area contributed by atoms with E-state index < -0.39 is 0 Å². The summed E-state index contributed by atoms with van der Waals surface area (Å²) in [7, 11) is 0. The van der Waals surface area contributed by atoms with Crippen LogP contribution in [-0.2, 0) is 6.54 Å². The van der Waals surface area contributed by atoms with Crippen LogP contribution in [0, 0.1) is 0 Å². The highest BCUT2D eigenvalue weighted by Gasteiger charge is 2.28. The van der Waals surface area contributed by atoms with Gasteiger partial charge in [-0.25, -0.2) is 9.67 Å². The summed E-state index contributed by atoms with van der Waals surface area (Å²) in [6.07, 6.45) is 4.11. The lowest BCUT2D eigenvalue weighted by Crippen LogP contribution is -2.01. The molecular formula is C14H16ClN7S. The number of halogens is 1. The van der Waals surface area contributed by atoms with Crippen LogP contribution in [0.15, 0.2) is 30.5 Å². The monoisotopic (exact) mass is 349 g/mol. The summed E-state index contributed by atoms with van der Waals surface area (Å²) in [5.41, 5.74) is 7.68. The van der Waals surface area contributed by atoms with Crippen LogP contribution in [0.1, 0.15) is 23.8 Å². The fourth-order valence-corrected chi connectivity index (χ4v) is 2.93. The van der Waals surface area contributed by atoms with Gasteiger partial charge in [-0.3, -0.25) is 0 Å². The van der Waals surface area contributed by atoms with Crippen molar-refractivity contribution in [1.29, 1.82) is 0 Å². The van der Waals surface area contributed by atoms with Gasteiger partial charge >= 0.3 is 0 Å². The van der Waals surface area contributed by atoms with Crippen molar-refractivity contribution >= 4 is 34.6 Å². The quantitative estimate of drug-likeness (QED) is 0.735. The zero-order valence-corrected chi connectivity index (χ0v) is 13.8. The van der Waals surface area contributed by atoms with Crippen LogP contribution >= 0.6 is 23.7 Å². The molecule has 0 saturated heterocycles. The van der Waals surface area contributed by atoms with Gasteiger partial charge in [0, 0.05) is 22.3 Å². The number of benzene rings is 1. The lowest BCUT2D eigenvalue weighted by Gasteiger charge is -2.07. The van der Waals surface area contributed by atoms with Crippen LogP contribution in [0.2, 0.25) is 0 Å². The standard InChI is InChI=1S/C14H15N7S.ClH/c15-14-17-8-12(22-14)7-16-10-3-1-2-9(6-10)13-18-19-20-21(13)11-4-5-11;/h1-3,6,8,11,16H,4-5,7H2,(H2,15,17);1H. The number of nitrogens with one attached hydrogen (secondary N) is 1. The van der Waals surface area contributed by atoms with E-state index in [2.05, 4.69) is 31.9 Å². The van der Waals surface area contributed by atoms with Crippen molar-refractivity contribution in [2.24, 2.45) is 0 Å². The van der Waals surface area contributed by atoms with Gasteiger partial charge in [-0.05, 0) is 35.4 Å². The number of aromatic nitrogens is 5. The molecule has 1 fully saturated rings. The van der Waals surface area contributed by atoms with E-state index >= 15 is 0 Å². The second-order valence-corrected chi connectivity index (χ2v) is 6.42. The predicted octanol–water partition coefficient (Wildman–Crippen LogP) is 2.75. The van der Waals surface area contributed by atoms with E-state index in [1.54, 1.807) is 6.20 Å². The molecule has 2 aromatic heterocycles. The molecule has 0 amide bonds. The van der Waals surface area contributed by atoms with Crippen LogP contribution in [0.4, 0.5) is 10.8 Å². The Labute approximate surface area is 143 Å². The van der Waals surface area contributed by atoms with Crippen molar-refractivity contribution < 1.29 is 0 Å². The number of hydrogen-bond donors (Lipinski definition) is 2. The van der Waals surface area contributed by atoms with Crippen molar-refractivity contribution in [3.05, 3.63) is 35.3 Å². The van der Waals surface area contributed by atoms with Gasteiger partial charge in [-0.15, -0.1) is 28.8 Å². The Bertz CT molecular complexity index is 796. The number of nitrogens with zero attached hydrogens (tertiary/aromatic N) is 5. The number of rotatable bonds is 5. The molecule has 0 unspecified atom stereocenters. The number of hydrogen-bond acceptors (Lipinski definition) is 7. The maximum absolute atomic E-state index is 5.64. The smallest absolute Gasteiger partial charge is 0.182 e. The number of nitrogens with two attached hydrogens (primary N) is 1. The molecule has 3 aromatic rings. The minimum atomic E-state index is 0. The highest BCUT2D eigenvalue weighted by Crippen LogP contribution is 2.36. The summed E-state index contributed by atoms with van der Waals surface area (Å²) in [5.74, 6) is 0.827. The molecular weight excluding hydrogens is 334 g/mol. The first-order valence-electron chi connectivity index (χ1n) is 7.12. The summed E-state index contributed by atoms with van der Waals surface area (Å²) in [6.45, 7) is 0.700. The zero-order valence-electron chi connectivity index (χ0n) is 12.2. The van der Waals surface area contributed by atoms with Gasteiger partial charge in [-0.1, -0.05) is 12.1 Å². The second-order valence-electron chi connectivity index (χ2n) is 5.28. The van der Waals surface area contributed by atoms with Crippen molar-refractivity contribution in [2.75, 3.05) is 11.1 Å². The molecule has 0 bridgehead atoms. The van der Waals surface area contributed by atoms with Crippen LogP contribution in [0.5, 0.6) is 0 Å². The normalized spacial score (nSPS) is 13.6. The minimum absolute atomic E-state index is 0. The van der Waals surface area contributed by atoms with Crippen molar-refractivity contribution in [1.82, 2.24) is 25.2 Å². The largest absolute Gasteiger partial charge is 0.380 e. The van der Waals surface area contributed by atoms with E-state index in [0.717, 1.165) is 34.8 Å². The van der Waals surface area contributed by atoms with Gasteiger partial charge in [0.15, 0.2) is 11.0 Å². The number of nitrogen functional groups attached to an aromatic ring is 1. The van der Waals surface area contributed by atoms with Crippen LogP contribution in [0.25, 0.3) is 11.4 Å². The first-order chi connectivity index (χ1) is 10.8. The van der Waals surface area contributed by atoms with Gasteiger partial charge in [-0.2, -0.15) is 0 Å². The molecule has 23 heavy (non-hydrogen) atoms. The summed E-state index contributed by atoms with van der Waals surface area (Å²) in [4.78, 5) is 5.15. The van der Waals surface area contributed by atoms with E-state index in [0.29, 0.717) is 17.7 Å². The SMILES string of the molecule is Cl.Nc1ncc(CNc2cccc(-c3nnnn3C3CC3)c2)s1. The van der Waals surface area contributed by atoms with Gasteiger partial charge in [0.1, 0.15) is 0 Å². The molecule has 9 heteroatoms. The summed E-state index contributed by atoms with van der Waals surface area (Å²) < 4.78 is 1.92. The first kappa shape index (κ1) is 15.7. The Kier molecular flexibility index (Phi) is 4.44. The third-order valence-corrected chi connectivity index (χ3v) is 4.37. The van der Waals surface area contributed by atoms with E-state index in [1.165, 1.54) is 11.3 Å². The topological polar surface area (TPSA) is 94.5 Å². The van der Waals surface area contributed by atoms with Crippen LogP contribution < -0.4 is 11.1 Å². The molecule has 1 aliphatic rings. The molecule has 0 radical (unpaired) electrons. The molecule has 0 atom stereocenters. The van der Waals surface area contributed by atoms with E-state index in [4.69, 9.17) is 5.73 Å². The van der Waals surface area contributed by atoms with Gasteiger partial charge < -0.3 is 11.1 Å². The Morgan fingerprint density at radius 3 is 2.96 bits per heavy atom. The Morgan fingerprint density at radius 2 is 2.22 bits per heavy atom. The zero-order chi connectivity index (χ0) is 14.9. The van der Waals surface area contributed by atoms with Crippen LogP contribution in [0.3, 0.4) is 0 Å². The first-order valence-corrected chi connectivity index (χ1v) is 7.93. The van der Waals surface area contributed by atoms with Gasteiger partial charge in [0.05, 0.1) is 12.6 Å². The summed E-state index contributed by atoms with van der Waals surface area (Å²) >= 11 is 1.49. The number of anilines is 2. The second kappa shape index (κ2) is 6.51. The Hall–Kier alpha value is -2.19. The molecule has 2 heterocycles. The highest BCUT2D eigenvalue weighted by atomic mass is 35.5. The van der Waals surface area contributed by atoms with E-state index in [-0.39, 0.29) is 12.4 Å². The maximum Gasteiger partial charge on any atom is 0.182 e. The molecule has 1 aliphatic carbocycles. The molecule has 120 valence electrons. The number of thiazole rings is 1. The molecule has 3 N–H and O–H groups in total. The van der Waals surface area contributed by atoms with Crippen molar-refractivity contribution in [3.8, 4) is 11.4 Å².